The maximum Gasteiger partial charge on any atom is 0.341 e. The van der Waals surface area contributed by atoms with Crippen molar-refractivity contribution in [3.8, 4) is 5.88 Å². The first-order chi connectivity index (χ1) is 9.15. The summed E-state index contributed by atoms with van der Waals surface area (Å²) in [5, 5.41) is 8.86. The number of carboxylic acids is 1. The zero-order valence-corrected chi connectivity index (χ0v) is 10.6. The van der Waals surface area contributed by atoms with Crippen LogP contribution in [0, 0.1) is 5.82 Å². The summed E-state index contributed by atoms with van der Waals surface area (Å²) < 4.78 is 28.1. The first kappa shape index (κ1) is 15.3. The number of aromatic carboxylic acids is 1. The number of aromatic nitrogens is 1. The van der Waals surface area contributed by atoms with Crippen molar-refractivity contribution >= 4 is 5.97 Å². The molecule has 1 aromatic heterocycles. The number of hydrogen-bond acceptors (Lipinski definition) is 5. The number of carbonyl (C=O) groups is 1. The molecule has 0 spiro atoms. The molecule has 0 saturated heterocycles. The average Bonchev–Trinajstić information content (AvgIpc) is 2.39. The van der Waals surface area contributed by atoms with E-state index >= 15 is 0 Å². The van der Waals surface area contributed by atoms with Gasteiger partial charge in [-0.05, 0) is 6.07 Å². The van der Waals surface area contributed by atoms with Crippen LogP contribution in [-0.2, 0) is 9.47 Å². The van der Waals surface area contributed by atoms with Gasteiger partial charge in [0.2, 0.25) is 5.88 Å². The van der Waals surface area contributed by atoms with E-state index in [0.717, 1.165) is 12.3 Å². The highest BCUT2D eigenvalue weighted by Crippen LogP contribution is 2.16. The fraction of sp³-hybridized carbons (Fsp3) is 0.500. The zero-order chi connectivity index (χ0) is 14.1. The molecule has 0 unspecified atom stereocenters. The van der Waals surface area contributed by atoms with E-state index in [-0.39, 0.29) is 18.1 Å². The quantitative estimate of drug-likeness (QED) is 0.684. The van der Waals surface area contributed by atoms with E-state index in [0.29, 0.717) is 26.2 Å². The van der Waals surface area contributed by atoms with Gasteiger partial charge in [-0.3, -0.25) is 0 Å². The largest absolute Gasteiger partial charge is 0.477 e. The van der Waals surface area contributed by atoms with Gasteiger partial charge in [-0.25, -0.2) is 14.2 Å². The molecule has 106 valence electrons. The van der Waals surface area contributed by atoms with Crippen molar-refractivity contribution < 1.29 is 28.5 Å². The van der Waals surface area contributed by atoms with Gasteiger partial charge in [0.1, 0.15) is 11.4 Å². The third-order valence-electron chi connectivity index (χ3n) is 2.15. The van der Waals surface area contributed by atoms with Crippen LogP contribution >= 0.6 is 0 Å². The van der Waals surface area contributed by atoms with Crippen LogP contribution in [0.4, 0.5) is 4.39 Å². The number of hydrogen-bond donors (Lipinski definition) is 1. The smallest absolute Gasteiger partial charge is 0.341 e. The SMILES string of the molecule is COCCOCCCOc1ncc(F)cc1C(=O)O. The molecule has 0 aromatic carbocycles. The minimum atomic E-state index is -1.28. The standard InChI is InChI=1S/C12H16FNO5/c1-17-5-6-18-3-2-4-19-11-10(12(15)16)7-9(13)8-14-11/h7-8H,2-6H2,1H3,(H,15,16). The van der Waals surface area contributed by atoms with Gasteiger partial charge in [0.05, 0.1) is 26.0 Å². The number of nitrogens with zero attached hydrogens (tertiary/aromatic N) is 1. The molecule has 0 radical (unpaired) electrons. The maximum absolute atomic E-state index is 12.9. The van der Waals surface area contributed by atoms with Crippen molar-refractivity contribution in [2.45, 2.75) is 6.42 Å². The first-order valence-electron chi connectivity index (χ1n) is 5.73. The summed E-state index contributed by atoms with van der Waals surface area (Å²) in [7, 11) is 1.58. The van der Waals surface area contributed by atoms with Crippen LogP contribution in [0.3, 0.4) is 0 Å². The van der Waals surface area contributed by atoms with Crippen LogP contribution in [0.15, 0.2) is 12.3 Å². The van der Waals surface area contributed by atoms with Crippen LogP contribution in [0.2, 0.25) is 0 Å². The topological polar surface area (TPSA) is 77.9 Å². The molecule has 0 aliphatic heterocycles. The number of halogens is 1. The van der Waals surface area contributed by atoms with Crippen LogP contribution in [-0.4, -0.2) is 49.6 Å². The van der Waals surface area contributed by atoms with Crippen molar-refractivity contribution in [3.05, 3.63) is 23.6 Å². The van der Waals surface area contributed by atoms with Crippen molar-refractivity contribution in [2.75, 3.05) is 33.5 Å². The highest BCUT2D eigenvalue weighted by atomic mass is 19.1. The zero-order valence-electron chi connectivity index (χ0n) is 10.6. The summed E-state index contributed by atoms with van der Waals surface area (Å²) >= 11 is 0. The fourth-order valence-corrected chi connectivity index (χ4v) is 1.27. The molecule has 0 aliphatic carbocycles. The monoisotopic (exact) mass is 273 g/mol. The molecule has 0 atom stereocenters. The van der Waals surface area contributed by atoms with Gasteiger partial charge in [0.15, 0.2) is 0 Å². The summed E-state index contributed by atoms with van der Waals surface area (Å²) in [6, 6.07) is 0.875. The third kappa shape index (κ3) is 5.62. The van der Waals surface area contributed by atoms with Crippen LogP contribution < -0.4 is 4.74 Å². The van der Waals surface area contributed by atoms with E-state index in [9.17, 15) is 9.18 Å². The van der Waals surface area contributed by atoms with E-state index in [1.165, 1.54) is 0 Å². The van der Waals surface area contributed by atoms with E-state index < -0.39 is 11.8 Å². The Hall–Kier alpha value is -1.73. The lowest BCUT2D eigenvalue weighted by molar-refractivity contribution is 0.0634. The Balaban J connectivity index is 2.35. The Morgan fingerprint density at radius 3 is 2.84 bits per heavy atom. The van der Waals surface area contributed by atoms with Crippen LogP contribution in [0.1, 0.15) is 16.8 Å². The Labute approximate surface area is 110 Å². The Kier molecular flexibility index (Phi) is 6.76. The number of ether oxygens (including phenoxy) is 3. The van der Waals surface area contributed by atoms with E-state index in [4.69, 9.17) is 19.3 Å². The summed E-state index contributed by atoms with van der Waals surface area (Å²) in [4.78, 5) is 14.5. The Morgan fingerprint density at radius 1 is 1.37 bits per heavy atom. The first-order valence-corrected chi connectivity index (χ1v) is 5.73. The number of rotatable bonds is 9. The molecule has 0 bridgehead atoms. The lowest BCUT2D eigenvalue weighted by Gasteiger charge is -2.08. The molecule has 0 fully saturated rings. The summed E-state index contributed by atoms with van der Waals surface area (Å²) in [5.41, 5.74) is -0.291. The lowest BCUT2D eigenvalue weighted by Crippen LogP contribution is -2.10. The fourth-order valence-electron chi connectivity index (χ4n) is 1.27. The van der Waals surface area contributed by atoms with Crippen LogP contribution in [0.5, 0.6) is 5.88 Å². The van der Waals surface area contributed by atoms with Gasteiger partial charge >= 0.3 is 5.97 Å². The lowest BCUT2D eigenvalue weighted by atomic mass is 10.2. The molecule has 7 heteroatoms. The van der Waals surface area contributed by atoms with Gasteiger partial charge in [-0.2, -0.15) is 0 Å². The van der Waals surface area contributed by atoms with Crippen molar-refractivity contribution in [3.63, 3.8) is 0 Å². The minimum Gasteiger partial charge on any atom is -0.477 e. The highest BCUT2D eigenvalue weighted by molar-refractivity contribution is 5.90. The minimum absolute atomic E-state index is 0.0919. The average molecular weight is 273 g/mol. The molecule has 0 saturated carbocycles. The number of methoxy groups -OCH3 is 1. The third-order valence-corrected chi connectivity index (χ3v) is 2.15. The van der Waals surface area contributed by atoms with E-state index in [2.05, 4.69) is 4.98 Å². The van der Waals surface area contributed by atoms with Crippen molar-refractivity contribution in [1.29, 1.82) is 0 Å². The molecule has 0 amide bonds. The molecular formula is C12H16FNO5. The molecule has 1 aromatic rings. The second-order valence-electron chi connectivity index (χ2n) is 3.62. The van der Waals surface area contributed by atoms with Gasteiger partial charge in [-0.15, -0.1) is 0 Å². The normalized spacial score (nSPS) is 10.4. The molecule has 19 heavy (non-hydrogen) atoms. The molecule has 6 nitrogen and oxygen atoms in total. The van der Waals surface area contributed by atoms with Gasteiger partial charge in [-0.1, -0.05) is 0 Å². The maximum atomic E-state index is 12.9. The van der Waals surface area contributed by atoms with Crippen molar-refractivity contribution in [2.24, 2.45) is 0 Å². The van der Waals surface area contributed by atoms with Gasteiger partial charge in [0, 0.05) is 20.1 Å². The molecule has 1 heterocycles. The van der Waals surface area contributed by atoms with Crippen LogP contribution in [0.25, 0.3) is 0 Å². The molecule has 1 rings (SSSR count). The van der Waals surface area contributed by atoms with Crippen molar-refractivity contribution in [1.82, 2.24) is 4.98 Å². The van der Waals surface area contributed by atoms with E-state index in [1.54, 1.807) is 7.11 Å². The summed E-state index contributed by atoms with van der Waals surface area (Å²) in [5.74, 6) is -2.09. The number of carboxylic acid groups (broad SMARTS) is 1. The Bertz CT molecular complexity index is 413. The molecule has 0 aliphatic rings. The molecule has 1 N–H and O–H groups in total. The predicted molar refractivity (Wildman–Crippen MR) is 64.0 cm³/mol. The van der Waals surface area contributed by atoms with Gasteiger partial charge in [0.25, 0.3) is 0 Å². The molecular weight excluding hydrogens is 257 g/mol. The van der Waals surface area contributed by atoms with E-state index in [1.807, 2.05) is 0 Å². The summed E-state index contributed by atoms with van der Waals surface area (Å²) in [6.07, 6.45) is 1.48. The number of pyridine rings is 1. The second-order valence-corrected chi connectivity index (χ2v) is 3.62. The summed E-state index contributed by atoms with van der Waals surface area (Å²) in [6.45, 7) is 1.72. The second kappa shape index (κ2) is 8.39. The predicted octanol–water partition coefficient (Wildman–Crippen LogP) is 1.35. The van der Waals surface area contributed by atoms with Gasteiger partial charge < -0.3 is 19.3 Å². The highest BCUT2D eigenvalue weighted by Gasteiger charge is 2.13. The Morgan fingerprint density at radius 2 is 2.16 bits per heavy atom.